The number of nitrogens with two attached hydrogens (primary N) is 1. The summed E-state index contributed by atoms with van der Waals surface area (Å²) in [7, 11) is 1.62. The van der Waals surface area contributed by atoms with Gasteiger partial charge in [-0.25, -0.2) is 0 Å². The number of hydrogen-bond acceptors (Lipinski definition) is 5. The van der Waals surface area contributed by atoms with Crippen LogP contribution in [0.15, 0.2) is 66.7 Å². The van der Waals surface area contributed by atoms with Crippen LogP contribution in [0.5, 0.6) is 17.2 Å². The van der Waals surface area contributed by atoms with E-state index in [-0.39, 0.29) is 6.10 Å². The van der Waals surface area contributed by atoms with E-state index in [2.05, 4.69) is 104 Å². The third-order valence-electron chi connectivity index (χ3n) is 4.76. The number of benzene rings is 3. The fourth-order valence-electron chi connectivity index (χ4n) is 3.24. The minimum absolute atomic E-state index is 0.283. The number of rotatable bonds is 7. The zero-order valence-electron chi connectivity index (χ0n) is 18.9. The summed E-state index contributed by atoms with van der Waals surface area (Å²) in [6.07, 6.45) is 0.283. The van der Waals surface area contributed by atoms with Gasteiger partial charge < -0.3 is 29.7 Å². The smallest absolute Gasteiger partial charge is 0.129 e. The standard InChI is InChI=1S/C15H13NO2.C9H13NO2.I3.I2/c1-2-5-12-11(4-1)15-13(16-12)6-3-7-14(15)18-9-10-8-17-10;1-11-8-4-2-3-5-9(8)12-7-6-10;1-3-2;1-2/h1-7,10,16H,8-9H2;2-5H,6-7,10H2,1H3;;/q;;-1;. The fourth-order valence-corrected chi connectivity index (χ4v) is 3.24. The Kier molecular flexibility index (Phi) is 16.9. The van der Waals surface area contributed by atoms with Gasteiger partial charge in [-0.15, -0.1) is 0 Å². The van der Waals surface area contributed by atoms with E-state index in [1.807, 2.05) is 42.5 Å². The number of H-pyrrole nitrogens is 1. The maximum Gasteiger partial charge on any atom is 0.129 e. The van der Waals surface area contributed by atoms with Gasteiger partial charge in [0.05, 0.1) is 19.2 Å². The van der Waals surface area contributed by atoms with E-state index >= 15 is 0 Å². The summed E-state index contributed by atoms with van der Waals surface area (Å²) in [4.78, 5) is 3.41. The SMILES string of the molecule is COc1ccccc1OCCN.II.I[I-]I.c1ccc2c(c1)[nH]c1cccc(OCC3CO3)c12. The van der Waals surface area contributed by atoms with Crippen LogP contribution in [0.25, 0.3) is 21.8 Å². The molecule has 0 bridgehead atoms. The monoisotopic (exact) mass is 1040 g/mol. The molecule has 1 aromatic heterocycles. The van der Waals surface area contributed by atoms with Crippen molar-refractivity contribution in [2.45, 2.75) is 6.10 Å². The first-order chi connectivity index (χ1) is 17.2. The summed E-state index contributed by atoms with van der Waals surface area (Å²) >= 11 is 9.54. The van der Waals surface area contributed by atoms with Crippen LogP contribution in [0.2, 0.25) is 0 Å². The molecular weight excluding hydrogens is 1010 g/mol. The van der Waals surface area contributed by atoms with E-state index in [4.69, 9.17) is 24.7 Å². The molecule has 6 nitrogen and oxygen atoms in total. The van der Waals surface area contributed by atoms with E-state index in [1.54, 1.807) is 7.11 Å². The van der Waals surface area contributed by atoms with E-state index in [9.17, 15) is 0 Å². The maximum absolute atomic E-state index is 5.86. The predicted octanol–water partition coefficient (Wildman–Crippen LogP) is 4.68. The van der Waals surface area contributed by atoms with Crippen LogP contribution in [-0.4, -0.2) is 44.6 Å². The second-order valence-corrected chi connectivity index (χ2v) is 23.2. The molecule has 192 valence electrons. The van der Waals surface area contributed by atoms with E-state index in [0.29, 0.717) is 33.0 Å². The van der Waals surface area contributed by atoms with Crippen molar-refractivity contribution in [3.05, 3.63) is 66.7 Å². The van der Waals surface area contributed by atoms with Gasteiger partial charge in [0.25, 0.3) is 0 Å². The molecule has 3 N–H and O–H groups in total. The number of hydrogen-bond donors (Lipinski definition) is 2. The second-order valence-electron chi connectivity index (χ2n) is 6.96. The molecule has 3 aromatic carbocycles. The molecule has 1 unspecified atom stereocenters. The normalized spacial score (nSPS) is 13.5. The van der Waals surface area contributed by atoms with Crippen molar-refractivity contribution in [2.75, 3.05) is 33.5 Å². The molecule has 1 aliphatic heterocycles. The number of halogens is 5. The number of ether oxygens (including phenoxy) is 4. The van der Waals surface area contributed by atoms with Gasteiger partial charge in [-0.2, -0.15) is 0 Å². The van der Waals surface area contributed by atoms with Crippen molar-refractivity contribution in [2.24, 2.45) is 5.73 Å². The third kappa shape index (κ3) is 10.6. The molecule has 1 aliphatic rings. The van der Waals surface area contributed by atoms with Gasteiger partial charge in [0.1, 0.15) is 25.1 Å². The molecule has 11 heteroatoms. The van der Waals surface area contributed by atoms with Gasteiger partial charge in [-0.05, 0) is 30.3 Å². The number of epoxide rings is 1. The first kappa shape index (κ1) is 31.6. The Bertz CT molecular complexity index is 1140. The Morgan fingerprint density at radius 2 is 1.51 bits per heavy atom. The van der Waals surface area contributed by atoms with Crippen LogP contribution in [0.3, 0.4) is 0 Å². The van der Waals surface area contributed by atoms with Crippen LogP contribution in [0, 0.1) is 0 Å². The number of fused-ring (bicyclic) bond motifs is 3. The van der Waals surface area contributed by atoms with E-state index in [1.165, 1.54) is 5.39 Å². The zero-order valence-corrected chi connectivity index (χ0v) is 29.6. The van der Waals surface area contributed by atoms with Crippen molar-refractivity contribution in [1.82, 2.24) is 4.98 Å². The van der Waals surface area contributed by atoms with Crippen molar-refractivity contribution in [3.63, 3.8) is 0 Å². The maximum atomic E-state index is 5.86. The van der Waals surface area contributed by atoms with Gasteiger partial charge in [0.2, 0.25) is 0 Å². The molecule has 5 rings (SSSR count). The summed E-state index contributed by atoms with van der Waals surface area (Å²) in [6, 6.07) is 21.9. The van der Waals surface area contributed by atoms with E-state index < -0.39 is 0 Å². The molecule has 1 atom stereocenters. The Morgan fingerprint density at radius 1 is 0.914 bits per heavy atom. The van der Waals surface area contributed by atoms with Crippen molar-refractivity contribution in [3.8, 4) is 17.2 Å². The molecule has 4 aromatic rings. The van der Waals surface area contributed by atoms with E-state index in [0.717, 1.165) is 40.3 Å². The summed E-state index contributed by atoms with van der Waals surface area (Å²) < 4.78 is 21.4. The second kappa shape index (κ2) is 18.6. The van der Waals surface area contributed by atoms with Crippen molar-refractivity contribution in [1.29, 1.82) is 0 Å². The van der Waals surface area contributed by atoms with Gasteiger partial charge in [0.15, 0.2) is 11.5 Å². The number of nitrogens with one attached hydrogen (secondary N) is 1. The van der Waals surface area contributed by atoms with Crippen LogP contribution >= 0.6 is 74.5 Å². The molecule has 0 aliphatic carbocycles. The molecular formula is C24H26I5N2O4-. The molecule has 0 radical (unpaired) electrons. The zero-order chi connectivity index (χ0) is 25.5. The largest absolute Gasteiger partial charge is 0.490 e. The Balaban J connectivity index is 0.000000222. The molecule has 1 fully saturated rings. The number of aromatic nitrogens is 1. The first-order valence-electron chi connectivity index (χ1n) is 10.4. The first-order valence-corrected chi connectivity index (χ1v) is 29.3. The molecule has 2 heterocycles. The van der Waals surface area contributed by atoms with Crippen LogP contribution in [0.1, 0.15) is 0 Å². The molecule has 1 saturated heterocycles. The summed E-state index contributed by atoms with van der Waals surface area (Å²) in [5.41, 5.74) is 7.56. The average molecular weight is 1040 g/mol. The quantitative estimate of drug-likeness (QED) is 0.208. The third-order valence-corrected chi connectivity index (χ3v) is 4.76. The number of para-hydroxylation sites is 3. The number of methoxy groups -OCH3 is 1. The summed E-state index contributed by atoms with van der Waals surface area (Å²) in [5.74, 6) is 2.41. The minimum Gasteiger partial charge on any atom is -0.490 e. The van der Waals surface area contributed by atoms with Crippen molar-refractivity contribution >= 4 is 96.3 Å². The van der Waals surface area contributed by atoms with Crippen LogP contribution in [-0.2, 0) is 4.74 Å². The van der Waals surface area contributed by atoms with Gasteiger partial charge in [0, 0.05) is 60.1 Å². The van der Waals surface area contributed by atoms with Gasteiger partial charge in [-0.1, -0.05) is 36.4 Å². The summed E-state index contributed by atoms with van der Waals surface area (Å²) in [5, 5.41) is 2.37. The summed E-state index contributed by atoms with van der Waals surface area (Å²) in [6.45, 7) is 2.49. The Labute approximate surface area is 259 Å². The molecule has 0 spiro atoms. The number of aromatic amines is 1. The topological polar surface area (TPSA) is 82.0 Å². The van der Waals surface area contributed by atoms with Crippen molar-refractivity contribution < 1.29 is 32.2 Å². The predicted molar refractivity (Wildman–Crippen MR) is 175 cm³/mol. The van der Waals surface area contributed by atoms with Crippen LogP contribution in [0.4, 0.5) is 0 Å². The van der Waals surface area contributed by atoms with Crippen LogP contribution < -0.4 is 33.2 Å². The minimum atomic E-state index is 0.283. The van der Waals surface area contributed by atoms with Gasteiger partial charge in [-0.3, -0.25) is 0 Å². The Morgan fingerprint density at radius 3 is 2.17 bits per heavy atom. The fraction of sp³-hybridized carbons (Fsp3) is 0.250. The van der Waals surface area contributed by atoms with Gasteiger partial charge >= 0.3 is 50.5 Å². The molecule has 0 amide bonds. The average Bonchev–Trinajstić information content (AvgIpc) is 3.66. The molecule has 0 saturated carbocycles. The molecule has 35 heavy (non-hydrogen) atoms. The Hall–Kier alpha value is 0.430.